The van der Waals surface area contributed by atoms with Gasteiger partial charge in [0.05, 0.1) is 0 Å². The van der Waals surface area contributed by atoms with E-state index in [1.165, 1.54) is 5.56 Å². The van der Waals surface area contributed by atoms with Gasteiger partial charge in [-0.25, -0.2) is 4.98 Å². The van der Waals surface area contributed by atoms with Gasteiger partial charge < -0.3 is 4.74 Å². The summed E-state index contributed by atoms with van der Waals surface area (Å²) < 4.78 is 5.88. The van der Waals surface area contributed by atoms with Crippen LogP contribution >= 0.6 is 0 Å². The maximum atomic E-state index is 5.88. The quantitative estimate of drug-likeness (QED) is 0.883. The second kappa shape index (κ2) is 4.57. The largest absolute Gasteiger partial charge is 0.482 e. The monoisotopic (exact) mass is 231 g/mol. The van der Waals surface area contributed by atoms with E-state index in [1.54, 1.807) is 0 Å². The first-order chi connectivity index (χ1) is 8.06. The van der Waals surface area contributed by atoms with Crippen molar-refractivity contribution in [2.24, 2.45) is 0 Å². The first kappa shape index (κ1) is 11.6. The molecule has 17 heavy (non-hydrogen) atoms. The normalized spacial score (nSPS) is 12.5. The number of benzene rings is 1. The zero-order chi connectivity index (χ0) is 12.4. The predicted octanol–water partition coefficient (Wildman–Crippen LogP) is 2.87. The molecule has 1 aromatic heterocycles. The Morgan fingerprint density at radius 1 is 1.24 bits per heavy atom. The van der Waals surface area contributed by atoms with Crippen LogP contribution in [0.1, 0.15) is 35.8 Å². The molecule has 0 unspecified atom stereocenters. The van der Waals surface area contributed by atoms with Gasteiger partial charge in [-0.3, -0.25) is 5.10 Å². The molecule has 0 fully saturated rings. The second-order valence-corrected chi connectivity index (χ2v) is 4.31. The Morgan fingerprint density at radius 3 is 2.65 bits per heavy atom. The molecule has 90 valence electrons. The standard InChI is InChI=1S/C13H17N3O/c1-8-5-6-9(2)12(7-8)17-10(3)13-14-11(4)15-16-13/h5-7,10H,1-4H3,(H,14,15,16)/t10-/m1/s1. The molecule has 1 atom stereocenters. The van der Waals surface area contributed by atoms with Crippen LogP contribution in [-0.2, 0) is 0 Å². The van der Waals surface area contributed by atoms with E-state index in [1.807, 2.05) is 33.8 Å². The number of nitrogens with one attached hydrogen (secondary N) is 1. The highest BCUT2D eigenvalue weighted by Crippen LogP contribution is 2.24. The van der Waals surface area contributed by atoms with E-state index in [9.17, 15) is 0 Å². The fourth-order valence-electron chi connectivity index (χ4n) is 1.62. The summed E-state index contributed by atoms with van der Waals surface area (Å²) in [6.45, 7) is 7.91. The maximum absolute atomic E-state index is 5.88. The Bertz CT molecular complexity index is 519. The molecule has 0 amide bonds. The summed E-state index contributed by atoms with van der Waals surface area (Å²) >= 11 is 0. The van der Waals surface area contributed by atoms with Crippen LogP contribution in [0.4, 0.5) is 0 Å². The number of nitrogens with zero attached hydrogens (tertiary/aromatic N) is 2. The third kappa shape index (κ3) is 2.64. The van der Waals surface area contributed by atoms with E-state index < -0.39 is 0 Å². The van der Waals surface area contributed by atoms with Crippen LogP contribution in [0.25, 0.3) is 0 Å². The van der Waals surface area contributed by atoms with Crippen molar-refractivity contribution >= 4 is 0 Å². The average Bonchev–Trinajstić information content (AvgIpc) is 2.70. The van der Waals surface area contributed by atoms with Crippen molar-refractivity contribution in [2.45, 2.75) is 33.8 Å². The smallest absolute Gasteiger partial charge is 0.191 e. The minimum Gasteiger partial charge on any atom is -0.482 e. The molecule has 0 bridgehead atoms. The van der Waals surface area contributed by atoms with Crippen molar-refractivity contribution in [3.05, 3.63) is 41.0 Å². The lowest BCUT2D eigenvalue weighted by Gasteiger charge is -2.14. The second-order valence-electron chi connectivity index (χ2n) is 4.31. The Labute approximate surface area is 101 Å². The van der Waals surface area contributed by atoms with E-state index in [4.69, 9.17) is 4.74 Å². The molecular formula is C13H17N3O. The molecular weight excluding hydrogens is 214 g/mol. The van der Waals surface area contributed by atoms with Gasteiger partial charge in [-0.05, 0) is 44.9 Å². The molecule has 2 aromatic rings. The molecule has 0 aliphatic rings. The van der Waals surface area contributed by atoms with Gasteiger partial charge >= 0.3 is 0 Å². The Morgan fingerprint density at radius 2 is 2.00 bits per heavy atom. The lowest BCUT2D eigenvalue weighted by atomic mass is 10.1. The number of rotatable bonds is 3. The van der Waals surface area contributed by atoms with Crippen LogP contribution in [0.15, 0.2) is 18.2 Å². The van der Waals surface area contributed by atoms with Gasteiger partial charge in [-0.1, -0.05) is 12.1 Å². The summed E-state index contributed by atoms with van der Waals surface area (Å²) in [5.74, 6) is 2.37. The lowest BCUT2D eigenvalue weighted by Crippen LogP contribution is -2.06. The minimum absolute atomic E-state index is 0.152. The van der Waals surface area contributed by atoms with Gasteiger partial charge in [0.15, 0.2) is 11.9 Å². The molecule has 0 saturated carbocycles. The number of H-pyrrole nitrogens is 1. The highest BCUT2D eigenvalue weighted by molar-refractivity contribution is 5.36. The number of hydrogen-bond donors (Lipinski definition) is 1. The number of aromatic nitrogens is 3. The fraction of sp³-hybridized carbons (Fsp3) is 0.385. The maximum Gasteiger partial charge on any atom is 0.191 e. The fourth-order valence-corrected chi connectivity index (χ4v) is 1.62. The van der Waals surface area contributed by atoms with Crippen molar-refractivity contribution in [3.63, 3.8) is 0 Å². The Balaban J connectivity index is 2.18. The molecule has 0 spiro atoms. The van der Waals surface area contributed by atoms with Gasteiger partial charge in [-0.2, -0.15) is 5.10 Å². The number of aromatic amines is 1. The predicted molar refractivity (Wildman–Crippen MR) is 66.1 cm³/mol. The van der Waals surface area contributed by atoms with Crippen LogP contribution in [0.5, 0.6) is 5.75 Å². The van der Waals surface area contributed by atoms with Gasteiger partial charge in [0.1, 0.15) is 11.6 Å². The molecule has 0 radical (unpaired) electrons. The first-order valence-corrected chi connectivity index (χ1v) is 5.69. The summed E-state index contributed by atoms with van der Waals surface area (Å²) in [5, 5.41) is 6.92. The third-order valence-electron chi connectivity index (χ3n) is 2.63. The Kier molecular flexibility index (Phi) is 3.13. The van der Waals surface area contributed by atoms with Gasteiger partial charge in [0.2, 0.25) is 0 Å². The zero-order valence-electron chi connectivity index (χ0n) is 10.6. The van der Waals surface area contributed by atoms with Crippen molar-refractivity contribution in [1.29, 1.82) is 0 Å². The molecule has 4 heteroatoms. The third-order valence-corrected chi connectivity index (χ3v) is 2.63. The van der Waals surface area contributed by atoms with Crippen LogP contribution in [0.3, 0.4) is 0 Å². The van der Waals surface area contributed by atoms with Gasteiger partial charge in [-0.15, -0.1) is 0 Å². The van der Waals surface area contributed by atoms with Crippen molar-refractivity contribution in [1.82, 2.24) is 15.2 Å². The topological polar surface area (TPSA) is 50.8 Å². The molecule has 0 aliphatic heterocycles. The molecule has 4 nitrogen and oxygen atoms in total. The molecule has 0 aliphatic carbocycles. The van der Waals surface area contributed by atoms with E-state index in [-0.39, 0.29) is 6.10 Å². The number of hydrogen-bond acceptors (Lipinski definition) is 3. The summed E-state index contributed by atoms with van der Waals surface area (Å²) in [4.78, 5) is 4.27. The van der Waals surface area contributed by atoms with Gasteiger partial charge in [0, 0.05) is 0 Å². The number of ether oxygens (including phenoxy) is 1. The summed E-state index contributed by atoms with van der Waals surface area (Å²) in [6.07, 6.45) is -0.152. The SMILES string of the molecule is Cc1ccc(C)c(O[C@H](C)c2n[nH]c(C)n2)c1. The highest BCUT2D eigenvalue weighted by atomic mass is 16.5. The summed E-state index contributed by atoms with van der Waals surface area (Å²) in [6, 6.07) is 6.16. The Hall–Kier alpha value is -1.84. The van der Waals surface area contributed by atoms with E-state index in [0.717, 1.165) is 17.1 Å². The van der Waals surface area contributed by atoms with Crippen molar-refractivity contribution in [2.75, 3.05) is 0 Å². The molecule has 1 aromatic carbocycles. The molecule has 1 heterocycles. The lowest BCUT2D eigenvalue weighted by molar-refractivity contribution is 0.215. The average molecular weight is 231 g/mol. The molecule has 0 saturated heterocycles. The minimum atomic E-state index is -0.152. The van der Waals surface area contributed by atoms with Crippen molar-refractivity contribution < 1.29 is 4.74 Å². The zero-order valence-corrected chi connectivity index (χ0v) is 10.6. The van der Waals surface area contributed by atoms with E-state index >= 15 is 0 Å². The number of aryl methyl sites for hydroxylation is 3. The van der Waals surface area contributed by atoms with Crippen molar-refractivity contribution in [3.8, 4) is 5.75 Å². The van der Waals surface area contributed by atoms with E-state index in [0.29, 0.717) is 5.82 Å². The molecule has 2 rings (SSSR count). The van der Waals surface area contributed by atoms with Crippen LogP contribution in [0, 0.1) is 20.8 Å². The van der Waals surface area contributed by atoms with E-state index in [2.05, 4.69) is 27.3 Å². The van der Waals surface area contributed by atoms with Crippen LogP contribution in [0.2, 0.25) is 0 Å². The van der Waals surface area contributed by atoms with Crippen LogP contribution in [-0.4, -0.2) is 15.2 Å². The van der Waals surface area contributed by atoms with Gasteiger partial charge in [0.25, 0.3) is 0 Å². The first-order valence-electron chi connectivity index (χ1n) is 5.69. The van der Waals surface area contributed by atoms with Crippen LogP contribution < -0.4 is 4.74 Å². The molecule has 1 N–H and O–H groups in total. The highest BCUT2D eigenvalue weighted by Gasteiger charge is 2.13. The summed E-state index contributed by atoms with van der Waals surface area (Å²) in [7, 11) is 0. The summed E-state index contributed by atoms with van der Waals surface area (Å²) in [5.41, 5.74) is 2.30.